The van der Waals surface area contributed by atoms with Crippen LogP contribution < -0.4 is 4.74 Å². The van der Waals surface area contributed by atoms with Gasteiger partial charge >= 0.3 is 6.09 Å². The molecule has 9 nitrogen and oxygen atoms in total. The van der Waals surface area contributed by atoms with Gasteiger partial charge in [-0.25, -0.2) is 4.79 Å². The molecule has 40 heavy (non-hydrogen) atoms. The maximum Gasteiger partial charge on any atom is 0.410 e. The Morgan fingerprint density at radius 1 is 1.12 bits per heavy atom. The van der Waals surface area contributed by atoms with Crippen LogP contribution in [0.15, 0.2) is 71.3 Å². The quantitative estimate of drug-likeness (QED) is 0.251. The van der Waals surface area contributed by atoms with Crippen molar-refractivity contribution in [1.82, 2.24) is 15.0 Å². The summed E-state index contributed by atoms with van der Waals surface area (Å²) >= 11 is 0. The van der Waals surface area contributed by atoms with Gasteiger partial charge < -0.3 is 18.7 Å². The van der Waals surface area contributed by atoms with E-state index in [-0.39, 0.29) is 24.3 Å². The average Bonchev–Trinajstić information content (AvgIpc) is 3.66. The van der Waals surface area contributed by atoms with E-state index in [0.717, 1.165) is 22.3 Å². The van der Waals surface area contributed by atoms with Gasteiger partial charge in [-0.15, -0.1) is 0 Å². The zero-order valence-corrected chi connectivity index (χ0v) is 22.2. The minimum absolute atomic E-state index is 0.0513. The SMILES string of the molecule is CC(C)Oc1ccc(-c2nc(-c3cccc4c3CC3OC(=O)N(CCOCc5ccccc5)[C@@H]43)no2)cc1C#N. The van der Waals surface area contributed by atoms with E-state index in [1.54, 1.807) is 23.1 Å². The van der Waals surface area contributed by atoms with Crippen molar-refractivity contribution >= 4 is 6.09 Å². The molecule has 0 saturated carbocycles. The highest BCUT2D eigenvalue weighted by Gasteiger charge is 2.48. The molecule has 9 heteroatoms. The Kier molecular flexibility index (Phi) is 6.93. The second-order valence-corrected chi connectivity index (χ2v) is 10.1. The van der Waals surface area contributed by atoms with E-state index in [1.807, 2.05) is 62.4 Å². The number of hydrogen-bond donors (Lipinski definition) is 0. The lowest BCUT2D eigenvalue weighted by atomic mass is 10.0. The summed E-state index contributed by atoms with van der Waals surface area (Å²) in [6.45, 7) is 5.14. The number of nitrogens with zero attached hydrogens (tertiary/aromatic N) is 4. The fourth-order valence-corrected chi connectivity index (χ4v) is 5.33. The van der Waals surface area contributed by atoms with Crippen LogP contribution in [0.3, 0.4) is 0 Å². The number of amides is 1. The van der Waals surface area contributed by atoms with E-state index in [2.05, 4.69) is 16.2 Å². The van der Waals surface area contributed by atoms with Crippen molar-refractivity contribution in [2.24, 2.45) is 0 Å². The van der Waals surface area contributed by atoms with E-state index in [1.165, 1.54) is 0 Å². The van der Waals surface area contributed by atoms with E-state index < -0.39 is 0 Å². The molecule has 2 atom stereocenters. The van der Waals surface area contributed by atoms with Gasteiger partial charge in [-0.2, -0.15) is 10.2 Å². The molecule has 202 valence electrons. The van der Waals surface area contributed by atoms with Gasteiger partial charge in [0.2, 0.25) is 5.82 Å². The Labute approximate surface area is 231 Å². The van der Waals surface area contributed by atoms with Crippen LogP contribution in [0.5, 0.6) is 5.75 Å². The van der Waals surface area contributed by atoms with Crippen molar-refractivity contribution in [2.45, 2.75) is 45.1 Å². The minimum Gasteiger partial charge on any atom is -0.490 e. The fourth-order valence-electron chi connectivity index (χ4n) is 5.33. The second kappa shape index (κ2) is 10.8. The minimum atomic E-state index is -0.325. The van der Waals surface area contributed by atoms with Crippen molar-refractivity contribution in [3.63, 3.8) is 0 Å². The summed E-state index contributed by atoms with van der Waals surface area (Å²) in [6, 6.07) is 23.1. The Morgan fingerprint density at radius 2 is 1.98 bits per heavy atom. The Balaban J connectivity index is 1.20. The van der Waals surface area contributed by atoms with Gasteiger partial charge in [0.25, 0.3) is 5.89 Å². The number of ether oxygens (including phenoxy) is 3. The Bertz CT molecular complexity index is 1580. The van der Waals surface area contributed by atoms with Crippen LogP contribution in [0.1, 0.15) is 42.1 Å². The zero-order chi connectivity index (χ0) is 27.6. The summed E-state index contributed by atoms with van der Waals surface area (Å²) in [5, 5.41) is 13.8. The number of benzene rings is 3. The normalized spacial score (nSPS) is 17.4. The lowest BCUT2D eigenvalue weighted by Crippen LogP contribution is -2.31. The van der Waals surface area contributed by atoms with Gasteiger partial charge in [-0.1, -0.05) is 53.7 Å². The second-order valence-electron chi connectivity index (χ2n) is 10.1. The molecular weight excluding hydrogens is 508 g/mol. The van der Waals surface area contributed by atoms with Crippen LogP contribution in [-0.4, -0.2) is 46.5 Å². The van der Waals surface area contributed by atoms with Crippen molar-refractivity contribution in [1.29, 1.82) is 5.26 Å². The summed E-state index contributed by atoms with van der Waals surface area (Å²) in [4.78, 5) is 19.1. The number of nitriles is 1. The predicted molar refractivity (Wildman–Crippen MR) is 145 cm³/mol. The summed E-state index contributed by atoms with van der Waals surface area (Å²) in [7, 11) is 0. The first-order chi connectivity index (χ1) is 19.5. The van der Waals surface area contributed by atoms with Gasteiger partial charge in [-0.3, -0.25) is 4.90 Å². The molecule has 4 aromatic rings. The number of rotatable bonds is 9. The van der Waals surface area contributed by atoms with Crippen molar-refractivity contribution in [3.8, 4) is 34.7 Å². The largest absolute Gasteiger partial charge is 0.490 e. The highest BCUT2D eigenvalue weighted by atomic mass is 16.6. The van der Waals surface area contributed by atoms with Gasteiger partial charge in [0.1, 0.15) is 17.9 Å². The van der Waals surface area contributed by atoms with Crippen molar-refractivity contribution in [3.05, 3.63) is 89.0 Å². The van der Waals surface area contributed by atoms with Gasteiger partial charge in [0.15, 0.2) is 0 Å². The van der Waals surface area contributed by atoms with Crippen LogP contribution in [0.4, 0.5) is 4.79 Å². The number of fused-ring (bicyclic) bond motifs is 3. The van der Waals surface area contributed by atoms with Crippen LogP contribution in [-0.2, 0) is 22.5 Å². The van der Waals surface area contributed by atoms with E-state index in [4.69, 9.17) is 18.7 Å². The summed E-state index contributed by atoms with van der Waals surface area (Å²) in [6.07, 6.45) is -0.0950. The molecule has 1 amide bonds. The molecule has 0 N–H and O–H groups in total. The first-order valence-corrected chi connectivity index (χ1v) is 13.3. The van der Waals surface area contributed by atoms with Crippen LogP contribution >= 0.6 is 0 Å². The molecule has 3 aromatic carbocycles. The molecule has 1 fully saturated rings. The number of aromatic nitrogens is 2. The molecule has 1 aliphatic carbocycles. The van der Waals surface area contributed by atoms with E-state index in [9.17, 15) is 10.1 Å². The maximum absolute atomic E-state index is 12.7. The molecule has 1 aliphatic heterocycles. The molecule has 1 unspecified atom stereocenters. The smallest absolute Gasteiger partial charge is 0.410 e. The first kappa shape index (κ1) is 25.6. The topological polar surface area (TPSA) is 111 Å². The van der Waals surface area contributed by atoms with E-state index in [0.29, 0.717) is 54.8 Å². The van der Waals surface area contributed by atoms with Gasteiger partial charge in [0.05, 0.1) is 30.9 Å². The molecule has 0 bridgehead atoms. The third-order valence-corrected chi connectivity index (χ3v) is 7.08. The van der Waals surface area contributed by atoms with E-state index >= 15 is 0 Å². The Morgan fingerprint density at radius 3 is 2.77 bits per heavy atom. The molecular formula is C31H28N4O5. The maximum atomic E-state index is 12.7. The van der Waals surface area contributed by atoms with Crippen LogP contribution in [0.25, 0.3) is 22.8 Å². The predicted octanol–water partition coefficient (Wildman–Crippen LogP) is 5.70. The van der Waals surface area contributed by atoms with Crippen LogP contribution in [0, 0.1) is 11.3 Å². The molecule has 0 spiro atoms. The Hall–Kier alpha value is -4.68. The van der Waals surface area contributed by atoms with Crippen LogP contribution in [0.2, 0.25) is 0 Å². The lowest BCUT2D eigenvalue weighted by molar-refractivity contribution is 0.0933. The van der Waals surface area contributed by atoms with Crippen molar-refractivity contribution in [2.75, 3.05) is 13.2 Å². The van der Waals surface area contributed by atoms with Crippen molar-refractivity contribution < 1.29 is 23.5 Å². The summed E-state index contributed by atoms with van der Waals surface area (Å²) in [5.41, 5.74) is 5.00. The zero-order valence-electron chi connectivity index (χ0n) is 22.2. The molecule has 2 heterocycles. The average molecular weight is 537 g/mol. The highest BCUT2D eigenvalue weighted by molar-refractivity contribution is 5.74. The standard InChI is InChI=1S/C31H28N4O5/c1-19(2)38-26-12-11-21(15-22(26)17-32)30-33-29(34-40-30)24-10-6-9-23-25(24)16-27-28(23)35(31(36)39-27)13-14-37-18-20-7-4-3-5-8-20/h3-12,15,19,27-28H,13-14,16,18H2,1-2H3/t27?,28-/m0/s1. The van der Waals surface area contributed by atoms with Gasteiger partial charge in [-0.05, 0) is 48.7 Å². The molecule has 0 radical (unpaired) electrons. The third-order valence-electron chi connectivity index (χ3n) is 7.08. The molecule has 2 aliphatic rings. The fraction of sp³-hybridized carbons (Fsp3) is 0.290. The number of carbonyl (C=O) groups excluding carboxylic acids is 1. The summed E-state index contributed by atoms with van der Waals surface area (Å²) in [5.74, 6) is 1.26. The van der Waals surface area contributed by atoms with Gasteiger partial charge in [0, 0.05) is 24.1 Å². The monoisotopic (exact) mass is 536 g/mol. The number of carbonyl (C=O) groups is 1. The third kappa shape index (κ3) is 4.90. The lowest BCUT2D eigenvalue weighted by Gasteiger charge is -2.21. The number of hydrogen-bond acceptors (Lipinski definition) is 8. The highest BCUT2D eigenvalue weighted by Crippen LogP contribution is 2.45. The molecule has 1 saturated heterocycles. The summed E-state index contributed by atoms with van der Waals surface area (Å²) < 4.78 is 22.9. The first-order valence-electron chi connectivity index (χ1n) is 13.3. The molecule has 6 rings (SSSR count). The molecule has 1 aromatic heterocycles.